The van der Waals surface area contributed by atoms with E-state index >= 15 is 0 Å². The van der Waals surface area contributed by atoms with E-state index in [1.807, 2.05) is 13.8 Å². The van der Waals surface area contributed by atoms with Crippen LogP contribution in [0.15, 0.2) is 0 Å². The lowest BCUT2D eigenvalue weighted by Gasteiger charge is -2.20. The molecule has 0 saturated heterocycles. The Morgan fingerprint density at radius 1 is 1.33 bits per heavy atom. The summed E-state index contributed by atoms with van der Waals surface area (Å²) in [4.78, 5) is 15.4. The fourth-order valence-electron chi connectivity index (χ4n) is 2.49. The van der Waals surface area contributed by atoms with E-state index < -0.39 is 0 Å². The second-order valence-electron chi connectivity index (χ2n) is 6.96. The number of Topliss-reactive ketones (excluding diaryl/α,β-unsaturated/α-hetero) is 1. The zero-order valence-corrected chi connectivity index (χ0v) is 14.7. The van der Waals surface area contributed by atoms with Gasteiger partial charge in [-0.25, -0.2) is 0 Å². The minimum atomic E-state index is 0.00632. The summed E-state index contributed by atoms with van der Waals surface area (Å²) in [5.41, 5.74) is 8.34. The van der Waals surface area contributed by atoms with Gasteiger partial charge in [0.2, 0.25) is 0 Å². The number of thiophene rings is 1. The zero-order chi connectivity index (χ0) is 15.7. The Morgan fingerprint density at radius 3 is 2.43 bits per heavy atom. The van der Waals surface area contributed by atoms with Gasteiger partial charge in [0.25, 0.3) is 0 Å². The lowest BCUT2D eigenvalue weighted by atomic mass is 10.0. The molecule has 118 valence electrons. The van der Waals surface area contributed by atoms with Gasteiger partial charge in [0.05, 0.1) is 15.6 Å². The van der Waals surface area contributed by atoms with Crippen molar-refractivity contribution in [1.29, 1.82) is 0 Å². The first-order valence-corrected chi connectivity index (χ1v) is 8.82. The van der Waals surface area contributed by atoms with Gasteiger partial charge in [-0.05, 0) is 31.1 Å². The standard InChI is InChI=1S/C17H28N2OS/c1-10(2)8-9-19(5)17-13(12-6-7-12)14(18)16(21-17)15(20)11(3)4/h10-12H,6-9,18H2,1-5H3. The van der Waals surface area contributed by atoms with Gasteiger partial charge in [0, 0.05) is 25.1 Å². The van der Waals surface area contributed by atoms with Crippen LogP contribution in [0.3, 0.4) is 0 Å². The molecule has 0 atom stereocenters. The van der Waals surface area contributed by atoms with Crippen molar-refractivity contribution < 1.29 is 4.79 Å². The van der Waals surface area contributed by atoms with E-state index in [2.05, 4.69) is 25.8 Å². The molecule has 1 aromatic rings. The molecule has 0 aromatic carbocycles. The largest absolute Gasteiger partial charge is 0.397 e. The Labute approximate surface area is 132 Å². The van der Waals surface area contributed by atoms with Crippen LogP contribution in [0.1, 0.15) is 68.1 Å². The zero-order valence-electron chi connectivity index (χ0n) is 13.9. The van der Waals surface area contributed by atoms with Crippen LogP contribution < -0.4 is 10.6 Å². The molecule has 1 aliphatic carbocycles. The smallest absolute Gasteiger partial charge is 0.177 e. The first-order valence-electron chi connectivity index (χ1n) is 8.00. The molecule has 1 saturated carbocycles. The van der Waals surface area contributed by atoms with Crippen LogP contribution in [0.4, 0.5) is 10.7 Å². The second-order valence-corrected chi connectivity index (χ2v) is 7.96. The van der Waals surface area contributed by atoms with E-state index in [-0.39, 0.29) is 11.7 Å². The molecule has 0 unspecified atom stereocenters. The fraction of sp³-hybridized carbons (Fsp3) is 0.706. The molecule has 0 spiro atoms. The van der Waals surface area contributed by atoms with E-state index in [0.29, 0.717) is 11.8 Å². The van der Waals surface area contributed by atoms with Gasteiger partial charge in [0.1, 0.15) is 0 Å². The lowest BCUT2D eigenvalue weighted by molar-refractivity contribution is 0.0944. The van der Waals surface area contributed by atoms with Crippen LogP contribution in [0.25, 0.3) is 0 Å². The minimum absolute atomic E-state index is 0.00632. The first kappa shape index (κ1) is 16.3. The van der Waals surface area contributed by atoms with Gasteiger partial charge in [-0.1, -0.05) is 27.7 Å². The first-order chi connectivity index (χ1) is 9.82. The van der Waals surface area contributed by atoms with Gasteiger partial charge < -0.3 is 10.6 Å². The summed E-state index contributed by atoms with van der Waals surface area (Å²) in [6.07, 6.45) is 3.58. The van der Waals surface area contributed by atoms with Crippen LogP contribution in [-0.2, 0) is 0 Å². The van der Waals surface area contributed by atoms with Gasteiger partial charge in [-0.2, -0.15) is 0 Å². The molecule has 21 heavy (non-hydrogen) atoms. The molecule has 2 N–H and O–H groups in total. The molecule has 1 aromatic heterocycles. The van der Waals surface area contributed by atoms with E-state index in [4.69, 9.17) is 5.73 Å². The van der Waals surface area contributed by atoms with Crippen molar-refractivity contribution in [1.82, 2.24) is 0 Å². The predicted molar refractivity (Wildman–Crippen MR) is 92.6 cm³/mol. The number of anilines is 2. The molecule has 0 bridgehead atoms. The average Bonchev–Trinajstić information content (AvgIpc) is 3.18. The molecule has 3 nitrogen and oxygen atoms in total. The molecule has 0 aliphatic heterocycles. The molecule has 2 rings (SSSR count). The molecule has 0 amide bonds. The van der Waals surface area contributed by atoms with Gasteiger partial charge in [-0.15, -0.1) is 11.3 Å². The number of hydrogen-bond donors (Lipinski definition) is 1. The number of carbonyl (C=O) groups excluding carboxylic acids is 1. The number of carbonyl (C=O) groups is 1. The Bertz CT molecular complexity index is 515. The van der Waals surface area contributed by atoms with Crippen molar-refractivity contribution in [3.8, 4) is 0 Å². The SMILES string of the molecule is CC(C)CCN(C)c1sc(C(=O)C(C)C)c(N)c1C1CC1. The van der Waals surface area contributed by atoms with Crippen molar-refractivity contribution in [2.45, 2.75) is 52.9 Å². The molecule has 1 aliphatic rings. The number of rotatable bonds is 7. The van der Waals surface area contributed by atoms with Crippen LogP contribution >= 0.6 is 11.3 Å². The average molecular weight is 308 g/mol. The monoisotopic (exact) mass is 308 g/mol. The van der Waals surface area contributed by atoms with Crippen molar-refractivity contribution in [2.75, 3.05) is 24.2 Å². The highest BCUT2D eigenvalue weighted by Crippen LogP contribution is 2.52. The molecule has 1 heterocycles. The molecular weight excluding hydrogens is 280 g/mol. The molecule has 1 fully saturated rings. The number of nitrogen functional groups attached to an aromatic ring is 1. The maximum atomic E-state index is 12.4. The maximum Gasteiger partial charge on any atom is 0.177 e. The summed E-state index contributed by atoms with van der Waals surface area (Å²) < 4.78 is 0. The highest BCUT2D eigenvalue weighted by Gasteiger charge is 2.34. The Kier molecular flexibility index (Phi) is 4.97. The number of ketones is 1. The van der Waals surface area contributed by atoms with Crippen molar-refractivity contribution in [3.05, 3.63) is 10.4 Å². The van der Waals surface area contributed by atoms with Gasteiger partial charge in [0.15, 0.2) is 5.78 Å². The van der Waals surface area contributed by atoms with Crippen molar-refractivity contribution >= 4 is 27.8 Å². The third-order valence-electron chi connectivity index (χ3n) is 4.09. The normalized spacial score (nSPS) is 15.0. The number of nitrogens with zero attached hydrogens (tertiary/aromatic N) is 1. The van der Waals surface area contributed by atoms with E-state index in [1.54, 1.807) is 11.3 Å². The van der Waals surface area contributed by atoms with Gasteiger partial charge >= 0.3 is 0 Å². The quantitative estimate of drug-likeness (QED) is 0.753. The summed E-state index contributed by atoms with van der Waals surface area (Å²) in [7, 11) is 2.13. The minimum Gasteiger partial charge on any atom is -0.397 e. The summed E-state index contributed by atoms with van der Waals surface area (Å²) in [5, 5.41) is 1.22. The van der Waals surface area contributed by atoms with E-state index in [0.717, 1.165) is 23.5 Å². The van der Waals surface area contributed by atoms with Crippen LogP contribution in [0, 0.1) is 11.8 Å². The lowest BCUT2D eigenvalue weighted by Crippen LogP contribution is -2.19. The third kappa shape index (κ3) is 3.60. The molecule has 0 radical (unpaired) electrons. The van der Waals surface area contributed by atoms with Crippen LogP contribution in [0.5, 0.6) is 0 Å². The fourth-order valence-corrected chi connectivity index (χ4v) is 3.88. The predicted octanol–water partition coefficient (Wildman–Crippen LogP) is 4.53. The molecule has 4 heteroatoms. The van der Waals surface area contributed by atoms with Crippen LogP contribution in [-0.4, -0.2) is 19.4 Å². The summed E-state index contributed by atoms with van der Waals surface area (Å²) >= 11 is 1.60. The maximum absolute atomic E-state index is 12.4. The van der Waals surface area contributed by atoms with Crippen molar-refractivity contribution in [2.24, 2.45) is 11.8 Å². The summed E-state index contributed by atoms with van der Waals surface area (Å²) in [5.74, 6) is 1.45. The Hall–Kier alpha value is -1.03. The topological polar surface area (TPSA) is 46.3 Å². The Morgan fingerprint density at radius 2 is 1.95 bits per heavy atom. The number of nitrogens with two attached hydrogens (primary N) is 1. The second kappa shape index (κ2) is 6.39. The summed E-state index contributed by atoms with van der Waals surface area (Å²) in [6.45, 7) is 9.39. The van der Waals surface area contributed by atoms with E-state index in [9.17, 15) is 4.79 Å². The van der Waals surface area contributed by atoms with E-state index in [1.165, 1.54) is 23.4 Å². The number of hydrogen-bond acceptors (Lipinski definition) is 4. The third-order valence-corrected chi connectivity index (χ3v) is 5.44. The van der Waals surface area contributed by atoms with Crippen molar-refractivity contribution in [3.63, 3.8) is 0 Å². The summed E-state index contributed by atoms with van der Waals surface area (Å²) in [6, 6.07) is 0. The highest BCUT2D eigenvalue weighted by molar-refractivity contribution is 7.19. The van der Waals surface area contributed by atoms with Gasteiger partial charge in [-0.3, -0.25) is 4.79 Å². The van der Waals surface area contributed by atoms with Crippen LogP contribution in [0.2, 0.25) is 0 Å². The molecular formula is C17H28N2OS. The Balaban J connectivity index is 2.31. The highest BCUT2D eigenvalue weighted by atomic mass is 32.1.